The summed E-state index contributed by atoms with van der Waals surface area (Å²) in [6.07, 6.45) is 1.46. The molecule has 2 rings (SSSR count). The molecule has 1 aromatic heterocycles. The summed E-state index contributed by atoms with van der Waals surface area (Å²) < 4.78 is 0. The van der Waals surface area contributed by atoms with Gasteiger partial charge >= 0.3 is 5.97 Å². The van der Waals surface area contributed by atoms with Crippen molar-refractivity contribution in [1.29, 1.82) is 5.26 Å². The standard InChI is InChI=1S/C14H11N3O2/c15-9-12-8-11(6-7-16-12)17-13(14(18)19)10-4-2-1-3-5-10/h1-8,13H,(H,16,17)(H,18,19). The lowest BCUT2D eigenvalue weighted by molar-refractivity contribution is -0.138. The first-order valence-electron chi connectivity index (χ1n) is 5.61. The Morgan fingerprint density at radius 2 is 2.05 bits per heavy atom. The van der Waals surface area contributed by atoms with Crippen LogP contribution in [0.3, 0.4) is 0 Å². The van der Waals surface area contributed by atoms with Crippen LogP contribution in [-0.4, -0.2) is 16.1 Å². The third-order valence-corrected chi connectivity index (χ3v) is 2.57. The van der Waals surface area contributed by atoms with Gasteiger partial charge in [0, 0.05) is 11.9 Å². The van der Waals surface area contributed by atoms with Gasteiger partial charge in [0.15, 0.2) is 6.04 Å². The second-order valence-electron chi connectivity index (χ2n) is 3.87. The average Bonchev–Trinajstić information content (AvgIpc) is 2.45. The van der Waals surface area contributed by atoms with Gasteiger partial charge in [-0.2, -0.15) is 5.26 Å². The molecule has 0 fully saturated rings. The minimum atomic E-state index is -0.985. The smallest absolute Gasteiger partial charge is 0.330 e. The quantitative estimate of drug-likeness (QED) is 0.872. The van der Waals surface area contributed by atoms with Crippen LogP contribution < -0.4 is 5.32 Å². The van der Waals surface area contributed by atoms with E-state index in [9.17, 15) is 9.90 Å². The SMILES string of the molecule is N#Cc1cc(NC(C(=O)O)c2ccccc2)ccn1. The van der Waals surface area contributed by atoms with Crippen molar-refractivity contribution in [3.63, 3.8) is 0 Å². The van der Waals surface area contributed by atoms with E-state index in [-0.39, 0.29) is 5.69 Å². The molecule has 0 aliphatic rings. The molecule has 0 spiro atoms. The Bertz CT molecular complexity index is 620. The number of aliphatic carboxylic acids is 1. The van der Waals surface area contributed by atoms with Crippen LogP contribution in [0.1, 0.15) is 17.3 Å². The summed E-state index contributed by atoms with van der Waals surface area (Å²) in [7, 11) is 0. The maximum Gasteiger partial charge on any atom is 0.330 e. The lowest BCUT2D eigenvalue weighted by Gasteiger charge is -2.16. The largest absolute Gasteiger partial charge is 0.479 e. The van der Waals surface area contributed by atoms with Crippen molar-refractivity contribution in [2.75, 3.05) is 5.32 Å². The molecule has 5 nitrogen and oxygen atoms in total. The highest BCUT2D eigenvalue weighted by Crippen LogP contribution is 2.19. The fraction of sp³-hybridized carbons (Fsp3) is 0.0714. The molecule has 1 atom stereocenters. The van der Waals surface area contributed by atoms with Crippen LogP contribution in [0.5, 0.6) is 0 Å². The predicted molar refractivity (Wildman–Crippen MR) is 69.4 cm³/mol. The molecule has 1 unspecified atom stereocenters. The van der Waals surface area contributed by atoms with Crippen LogP contribution in [0.4, 0.5) is 5.69 Å². The second kappa shape index (κ2) is 5.65. The first-order valence-corrected chi connectivity index (χ1v) is 5.61. The van der Waals surface area contributed by atoms with Gasteiger partial charge in [-0.25, -0.2) is 9.78 Å². The van der Waals surface area contributed by atoms with Gasteiger partial charge in [-0.1, -0.05) is 30.3 Å². The molecule has 0 saturated carbocycles. The molecule has 0 saturated heterocycles. The Balaban J connectivity index is 2.27. The van der Waals surface area contributed by atoms with Crippen LogP contribution in [0.25, 0.3) is 0 Å². The fourth-order valence-electron chi connectivity index (χ4n) is 1.68. The molecule has 0 aliphatic heterocycles. The molecule has 0 amide bonds. The molecule has 2 N–H and O–H groups in total. The molecule has 0 aliphatic carbocycles. The van der Waals surface area contributed by atoms with Crippen molar-refractivity contribution < 1.29 is 9.90 Å². The molecule has 5 heteroatoms. The number of nitrogens with zero attached hydrogens (tertiary/aromatic N) is 2. The van der Waals surface area contributed by atoms with E-state index in [1.165, 1.54) is 12.3 Å². The van der Waals surface area contributed by atoms with Gasteiger partial charge in [0.1, 0.15) is 11.8 Å². The number of benzene rings is 1. The molecular weight excluding hydrogens is 242 g/mol. The minimum absolute atomic E-state index is 0.238. The summed E-state index contributed by atoms with van der Waals surface area (Å²) in [6.45, 7) is 0. The van der Waals surface area contributed by atoms with Crippen molar-refractivity contribution in [2.45, 2.75) is 6.04 Å². The van der Waals surface area contributed by atoms with Gasteiger partial charge in [-0.3, -0.25) is 0 Å². The zero-order valence-electron chi connectivity index (χ0n) is 9.95. The number of rotatable bonds is 4. The number of carbonyl (C=O) groups is 1. The van der Waals surface area contributed by atoms with Crippen molar-refractivity contribution in [3.8, 4) is 6.07 Å². The lowest BCUT2D eigenvalue weighted by atomic mass is 10.1. The Kier molecular flexibility index (Phi) is 3.74. The number of carboxylic acid groups (broad SMARTS) is 1. The molecule has 1 aromatic carbocycles. The van der Waals surface area contributed by atoms with E-state index in [1.807, 2.05) is 12.1 Å². The topological polar surface area (TPSA) is 86.0 Å². The van der Waals surface area contributed by atoms with E-state index in [4.69, 9.17) is 5.26 Å². The first kappa shape index (κ1) is 12.6. The highest BCUT2D eigenvalue weighted by atomic mass is 16.4. The maximum absolute atomic E-state index is 11.3. The maximum atomic E-state index is 11.3. The molecule has 1 heterocycles. The Hall–Kier alpha value is -2.87. The average molecular weight is 253 g/mol. The number of aromatic nitrogens is 1. The molecule has 2 aromatic rings. The second-order valence-corrected chi connectivity index (χ2v) is 3.87. The molecule has 19 heavy (non-hydrogen) atoms. The number of hydrogen-bond donors (Lipinski definition) is 2. The summed E-state index contributed by atoms with van der Waals surface area (Å²) in [6, 6.07) is 13.0. The Labute approximate surface area is 110 Å². The van der Waals surface area contributed by atoms with Gasteiger partial charge in [-0.15, -0.1) is 0 Å². The van der Waals surface area contributed by atoms with Crippen LogP contribution in [0, 0.1) is 11.3 Å². The van der Waals surface area contributed by atoms with E-state index in [0.717, 1.165) is 0 Å². The van der Waals surface area contributed by atoms with Crippen LogP contribution in [0.2, 0.25) is 0 Å². The normalized spacial score (nSPS) is 11.3. The molecule has 94 valence electrons. The van der Waals surface area contributed by atoms with E-state index >= 15 is 0 Å². The Morgan fingerprint density at radius 1 is 1.32 bits per heavy atom. The van der Waals surface area contributed by atoms with Gasteiger partial charge in [0.05, 0.1) is 0 Å². The summed E-state index contributed by atoms with van der Waals surface area (Å²) in [4.78, 5) is 15.1. The number of carboxylic acids is 1. The van der Waals surface area contributed by atoms with E-state index in [0.29, 0.717) is 11.3 Å². The zero-order chi connectivity index (χ0) is 13.7. The van der Waals surface area contributed by atoms with Crippen molar-refractivity contribution >= 4 is 11.7 Å². The van der Waals surface area contributed by atoms with Gasteiger partial charge in [0.2, 0.25) is 0 Å². The van der Waals surface area contributed by atoms with Crippen molar-refractivity contribution in [2.24, 2.45) is 0 Å². The monoisotopic (exact) mass is 253 g/mol. The van der Waals surface area contributed by atoms with E-state index in [2.05, 4.69) is 10.3 Å². The fourth-order valence-corrected chi connectivity index (χ4v) is 1.68. The van der Waals surface area contributed by atoms with Crippen LogP contribution in [0.15, 0.2) is 48.7 Å². The van der Waals surface area contributed by atoms with Gasteiger partial charge in [-0.05, 0) is 17.7 Å². The zero-order valence-corrected chi connectivity index (χ0v) is 9.95. The van der Waals surface area contributed by atoms with Crippen LogP contribution in [-0.2, 0) is 4.79 Å². The number of pyridine rings is 1. The highest BCUT2D eigenvalue weighted by Gasteiger charge is 2.19. The highest BCUT2D eigenvalue weighted by molar-refractivity contribution is 5.79. The predicted octanol–water partition coefficient (Wildman–Crippen LogP) is 2.19. The van der Waals surface area contributed by atoms with Gasteiger partial charge in [0.25, 0.3) is 0 Å². The summed E-state index contributed by atoms with van der Waals surface area (Å²) in [5.74, 6) is -0.985. The third-order valence-electron chi connectivity index (χ3n) is 2.57. The van der Waals surface area contributed by atoms with Crippen molar-refractivity contribution in [1.82, 2.24) is 4.98 Å². The van der Waals surface area contributed by atoms with Crippen LogP contribution >= 0.6 is 0 Å². The number of hydrogen-bond acceptors (Lipinski definition) is 4. The first-order chi connectivity index (χ1) is 9.20. The number of anilines is 1. The molecular formula is C14H11N3O2. The number of nitrogens with one attached hydrogen (secondary N) is 1. The van der Waals surface area contributed by atoms with E-state index < -0.39 is 12.0 Å². The minimum Gasteiger partial charge on any atom is -0.479 e. The summed E-state index contributed by atoms with van der Waals surface area (Å²) in [5, 5.41) is 20.9. The third kappa shape index (κ3) is 3.07. The summed E-state index contributed by atoms with van der Waals surface area (Å²) >= 11 is 0. The van der Waals surface area contributed by atoms with Gasteiger partial charge < -0.3 is 10.4 Å². The Morgan fingerprint density at radius 3 is 2.68 bits per heavy atom. The van der Waals surface area contributed by atoms with E-state index in [1.54, 1.807) is 30.3 Å². The molecule has 0 radical (unpaired) electrons. The number of nitriles is 1. The van der Waals surface area contributed by atoms with Crippen molar-refractivity contribution in [3.05, 3.63) is 59.9 Å². The summed E-state index contributed by atoms with van der Waals surface area (Å²) in [5.41, 5.74) is 1.43. The lowest BCUT2D eigenvalue weighted by Crippen LogP contribution is -2.20. The molecule has 0 bridgehead atoms.